The minimum Gasteiger partial charge on any atom is -0.322 e. The highest BCUT2D eigenvalue weighted by atomic mass is 19.3. The number of para-hydroxylation sites is 1. The summed E-state index contributed by atoms with van der Waals surface area (Å²) in [5.74, 6) is -3.16. The zero-order valence-corrected chi connectivity index (χ0v) is 13.5. The topological polar surface area (TPSA) is 42.0 Å². The smallest absolute Gasteiger partial charge is 0.270 e. The first kappa shape index (κ1) is 16.8. The Bertz CT molecular complexity index is 872. The van der Waals surface area contributed by atoms with E-state index in [1.165, 1.54) is 18.3 Å². The fraction of sp³-hybridized carbons (Fsp3) is 0.100. The largest absolute Gasteiger partial charge is 0.322 e. The Balaban J connectivity index is 1.80. The van der Waals surface area contributed by atoms with Crippen LogP contribution in [-0.2, 0) is 5.92 Å². The third-order valence-corrected chi connectivity index (χ3v) is 3.74. The van der Waals surface area contributed by atoms with Gasteiger partial charge in [0.2, 0.25) is 0 Å². The third-order valence-electron chi connectivity index (χ3n) is 3.74. The van der Waals surface area contributed by atoms with Gasteiger partial charge in [-0.3, -0.25) is 9.78 Å². The predicted molar refractivity (Wildman–Crippen MR) is 93.6 cm³/mol. The van der Waals surface area contributed by atoms with E-state index in [0.29, 0.717) is 22.5 Å². The highest BCUT2D eigenvalue weighted by Gasteiger charge is 2.24. The fourth-order valence-electron chi connectivity index (χ4n) is 2.38. The van der Waals surface area contributed by atoms with Crippen molar-refractivity contribution in [3.63, 3.8) is 0 Å². The first-order chi connectivity index (χ1) is 11.9. The Kier molecular flexibility index (Phi) is 4.57. The molecule has 126 valence electrons. The molecule has 1 heterocycles. The summed E-state index contributed by atoms with van der Waals surface area (Å²) in [5.41, 5.74) is 2.19. The number of anilines is 1. The van der Waals surface area contributed by atoms with Gasteiger partial charge in [0.05, 0.1) is 5.69 Å². The van der Waals surface area contributed by atoms with Gasteiger partial charge in [0.25, 0.3) is 11.8 Å². The number of amides is 1. The van der Waals surface area contributed by atoms with Crippen molar-refractivity contribution >= 4 is 11.6 Å². The van der Waals surface area contributed by atoms with Crippen molar-refractivity contribution in [2.75, 3.05) is 5.32 Å². The summed E-state index contributed by atoms with van der Waals surface area (Å²) in [6.45, 7) is 0.850. The van der Waals surface area contributed by atoms with Gasteiger partial charge < -0.3 is 5.32 Å². The highest BCUT2D eigenvalue weighted by Crippen LogP contribution is 2.29. The molecule has 0 radical (unpaired) electrons. The van der Waals surface area contributed by atoms with E-state index in [1.54, 1.807) is 36.4 Å². The molecule has 25 heavy (non-hydrogen) atoms. The van der Waals surface area contributed by atoms with Crippen molar-refractivity contribution in [3.05, 3.63) is 84.1 Å². The zero-order valence-electron chi connectivity index (χ0n) is 13.5. The van der Waals surface area contributed by atoms with Gasteiger partial charge in [-0.25, -0.2) is 8.78 Å². The van der Waals surface area contributed by atoms with Crippen LogP contribution in [0.2, 0.25) is 0 Å². The normalized spacial score (nSPS) is 11.2. The average molecular weight is 338 g/mol. The lowest BCUT2D eigenvalue weighted by Gasteiger charge is -2.11. The number of halogens is 2. The molecular weight excluding hydrogens is 322 g/mol. The van der Waals surface area contributed by atoms with Crippen LogP contribution >= 0.6 is 0 Å². The van der Waals surface area contributed by atoms with Gasteiger partial charge in [0, 0.05) is 35.5 Å². The molecule has 0 spiro atoms. The van der Waals surface area contributed by atoms with Gasteiger partial charge in [0.15, 0.2) is 0 Å². The van der Waals surface area contributed by atoms with E-state index in [-0.39, 0.29) is 11.5 Å². The lowest BCUT2D eigenvalue weighted by atomic mass is 10.0. The summed E-state index contributed by atoms with van der Waals surface area (Å²) in [4.78, 5) is 16.4. The number of rotatable bonds is 4. The number of pyridine rings is 1. The molecule has 0 saturated carbocycles. The molecule has 3 aromatic rings. The van der Waals surface area contributed by atoms with Crippen LogP contribution in [0.4, 0.5) is 14.5 Å². The minimum absolute atomic E-state index is 0.0941. The van der Waals surface area contributed by atoms with Gasteiger partial charge >= 0.3 is 0 Å². The number of hydrogen-bond acceptors (Lipinski definition) is 2. The van der Waals surface area contributed by atoms with Gasteiger partial charge in [-0.05, 0) is 36.4 Å². The van der Waals surface area contributed by atoms with Crippen LogP contribution in [-0.4, -0.2) is 10.9 Å². The molecular formula is C20H16F2N2O. The Hall–Kier alpha value is -3.08. The number of nitrogens with zero attached hydrogens (tertiary/aromatic N) is 1. The summed E-state index contributed by atoms with van der Waals surface area (Å²) in [6, 6.07) is 18.5. The summed E-state index contributed by atoms with van der Waals surface area (Å²) in [7, 11) is 0. The van der Waals surface area contributed by atoms with Crippen molar-refractivity contribution < 1.29 is 13.6 Å². The summed E-state index contributed by atoms with van der Waals surface area (Å²) in [5, 5.41) is 2.79. The average Bonchev–Trinajstić information content (AvgIpc) is 2.62. The van der Waals surface area contributed by atoms with E-state index in [1.807, 2.05) is 18.2 Å². The molecule has 1 aromatic heterocycles. The van der Waals surface area contributed by atoms with Crippen LogP contribution < -0.4 is 5.32 Å². The first-order valence-electron chi connectivity index (χ1n) is 7.75. The van der Waals surface area contributed by atoms with Crippen molar-refractivity contribution in [2.24, 2.45) is 0 Å². The van der Waals surface area contributed by atoms with Crippen molar-refractivity contribution in [2.45, 2.75) is 12.8 Å². The van der Waals surface area contributed by atoms with Crippen LogP contribution in [0.1, 0.15) is 22.8 Å². The van der Waals surface area contributed by atoms with Gasteiger partial charge in [-0.1, -0.05) is 30.3 Å². The van der Waals surface area contributed by atoms with E-state index in [0.717, 1.165) is 6.92 Å². The van der Waals surface area contributed by atoms with Crippen LogP contribution in [0.3, 0.4) is 0 Å². The second kappa shape index (κ2) is 6.81. The van der Waals surface area contributed by atoms with Crippen LogP contribution in [0.15, 0.2) is 72.9 Å². The van der Waals surface area contributed by atoms with E-state index in [4.69, 9.17) is 0 Å². The summed E-state index contributed by atoms with van der Waals surface area (Å²) in [6.07, 6.45) is 1.36. The maximum absolute atomic E-state index is 13.4. The molecule has 1 amide bonds. The second-order valence-electron chi connectivity index (χ2n) is 5.72. The Morgan fingerprint density at radius 3 is 2.32 bits per heavy atom. The maximum atomic E-state index is 13.4. The molecule has 0 aliphatic rings. The second-order valence-corrected chi connectivity index (χ2v) is 5.72. The standard InChI is InChI=1S/C20H16F2N2O/c1-20(21,22)16-11-12-23-18(13-16)14-7-9-15(10-8-14)19(25)24-17-5-3-2-4-6-17/h2-13H,1H3,(H,24,25). The Morgan fingerprint density at radius 2 is 1.68 bits per heavy atom. The molecule has 5 heteroatoms. The monoisotopic (exact) mass is 338 g/mol. The molecule has 3 rings (SSSR count). The molecule has 0 saturated heterocycles. The van der Waals surface area contributed by atoms with Gasteiger partial charge in [0.1, 0.15) is 0 Å². The van der Waals surface area contributed by atoms with Crippen molar-refractivity contribution in [1.29, 1.82) is 0 Å². The molecule has 0 unspecified atom stereocenters. The van der Waals surface area contributed by atoms with E-state index in [2.05, 4.69) is 10.3 Å². The van der Waals surface area contributed by atoms with Crippen LogP contribution in [0.25, 0.3) is 11.3 Å². The zero-order chi connectivity index (χ0) is 17.9. The number of benzene rings is 2. The summed E-state index contributed by atoms with van der Waals surface area (Å²) >= 11 is 0. The van der Waals surface area contributed by atoms with Gasteiger partial charge in [-0.15, -0.1) is 0 Å². The number of aromatic nitrogens is 1. The molecule has 0 aliphatic heterocycles. The van der Waals surface area contributed by atoms with Crippen LogP contribution in [0.5, 0.6) is 0 Å². The molecule has 0 aliphatic carbocycles. The SMILES string of the molecule is CC(F)(F)c1ccnc(-c2ccc(C(=O)Nc3ccccc3)cc2)c1. The van der Waals surface area contributed by atoms with Crippen LogP contribution in [0, 0.1) is 0 Å². The molecule has 2 aromatic carbocycles. The third kappa shape index (κ3) is 4.07. The number of hydrogen-bond donors (Lipinski definition) is 1. The number of carbonyl (C=O) groups excluding carboxylic acids is 1. The van der Waals surface area contributed by atoms with Crippen molar-refractivity contribution in [3.8, 4) is 11.3 Å². The molecule has 0 atom stereocenters. The maximum Gasteiger partial charge on any atom is 0.270 e. The lowest BCUT2D eigenvalue weighted by molar-refractivity contribution is 0.0174. The fourth-order valence-corrected chi connectivity index (χ4v) is 2.38. The Labute approximate surface area is 144 Å². The molecule has 0 fully saturated rings. The minimum atomic E-state index is -2.92. The van der Waals surface area contributed by atoms with E-state index >= 15 is 0 Å². The molecule has 0 bridgehead atoms. The first-order valence-corrected chi connectivity index (χ1v) is 7.75. The lowest BCUT2D eigenvalue weighted by Crippen LogP contribution is -2.11. The summed E-state index contributed by atoms with van der Waals surface area (Å²) < 4.78 is 26.9. The number of carbonyl (C=O) groups is 1. The number of nitrogens with one attached hydrogen (secondary N) is 1. The Morgan fingerprint density at radius 1 is 1.00 bits per heavy atom. The van der Waals surface area contributed by atoms with E-state index < -0.39 is 5.92 Å². The highest BCUT2D eigenvalue weighted by molar-refractivity contribution is 6.04. The predicted octanol–water partition coefficient (Wildman–Crippen LogP) is 5.11. The molecule has 1 N–H and O–H groups in total. The number of alkyl halides is 2. The molecule has 3 nitrogen and oxygen atoms in total. The van der Waals surface area contributed by atoms with Gasteiger partial charge in [-0.2, -0.15) is 0 Å². The van der Waals surface area contributed by atoms with E-state index in [9.17, 15) is 13.6 Å². The quantitative estimate of drug-likeness (QED) is 0.718. The van der Waals surface area contributed by atoms with Crippen molar-refractivity contribution in [1.82, 2.24) is 4.98 Å².